The molecule has 2 N–H and O–H groups in total. The number of rotatable bonds is 4. The SMILES string of the molecule is O=C=C1NC=Cc2c1cccc2-n1ncc(C(=O)Nc2ccnc(C(F)(F)F)c2)c1OC(F)(F)F. The van der Waals surface area contributed by atoms with E-state index in [1.54, 1.807) is 5.94 Å². The van der Waals surface area contributed by atoms with Gasteiger partial charge < -0.3 is 15.4 Å². The van der Waals surface area contributed by atoms with E-state index in [0.29, 0.717) is 16.3 Å². The second-order valence-corrected chi connectivity index (χ2v) is 6.90. The summed E-state index contributed by atoms with van der Waals surface area (Å²) >= 11 is 0. The van der Waals surface area contributed by atoms with Gasteiger partial charge in [-0.05, 0) is 24.3 Å². The Kier molecular flexibility index (Phi) is 5.82. The van der Waals surface area contributed by atoms with Crippen LogP contribution in [-0.4, -0.2) is 33.0 Å². The summed E-state index contributed by atoms with van der Waals surface area (Å²) in [4.78, 5) is 27.1. The number of amides is 1. The Morgan fingerprint density at radius 3 is 2.60 bits per heavy atom. The Morgan fingerprint density at radius 1 is 1.14 bits per heavy atom. The average molecular weight is 495 g/mol. The van der Waals surface area contributed by atoms with Gasteiger partial charge >= 0.3 is 12.5 Å². The summed E-state index contributed by atoms with van der Waals surface area (Å²) in [5.41, 5.74) is -1.77. The fraction of sp³-hybridized carbons (Fsp3) is 0.0952. The molecular formula is C21H11F6N5O3. The molecule has 3 aromatic rings. The molecule has 35 heavy (non-hydrogen) atoms. The van der Waals surface area contributed by atoms with E-state index >= 15 is 0 Å². The van der Waals surface area contributed by atoms with E-state index in [-0.39, 0.29) is 22.6 Å². The van der Waals surface area contributed by atoms with Crippen LogP contribution in [0, 0.1) is 0 Å². The fourth-order valence-corrected chi connectivity index (χ4v) is 3.24. The highest BCUT2D eigenvalue weighted by Gasteiger charge is 2.37. The number of nitrogens with one attached hydrogen (secondary N) is 2. The third-order valence-corrected chi connectivity index (χ3v) is 4.65. The Balaban J connectivity index is 1.78. The zero-order valence-electron chi connectivity index (χ0n) is 17.0. The van der Waals surface area contributed by atoms with Crippen LogP contribution in [0.2, 0.25) is 0 Å². The molecule has 1 aromatic carbocycles. The topological polar surface area (TPSA) is 98.1 Å². The highest BCUT2D eigenvalue weighted by molar-refractivity contribution is 6.06. The molecule has 2 aromatic heterocycles. The first-order valence-electron chi connectivity index (χ1n) is 9.48. The highest BCUT2D eigenvalue weighted by Crippen LogP contribution is 2.34. The second-order valence-electron chi connectivity index (χ2n) is 6.90. The highest BCUT2D eigenvalue weighted by atomic mass is 19.4. The quantitative estimate of drug-likeness (QED) is 0.416. The summed E-state index contributed by atoms with van der Waals surface area (Å²) < 4.78 is 83.1. The lowest BCUT2D eigenvalue weighted by atomic mass is 10.0. The molecular weight excluding hydrogens is 484 g/mol. The van der Waals surface area contributed by atoms with Crippen LogP contribution in [0.3, 0.4) is 0 Å². The van der Waals surface area contributed by atoms with Gasteiger partial charge in [0.2, 0.25) is 5.88 Å². The van der Waals surface area contributed by atoms with Crippen LogP contribution in [0.25, 0.3) is 17.5 Å². The predicted octanol–water partition coefficient (Wildman–Crippen LogP) is 4.18. The number of anilines is 1. The zero-order valence-corrected chi connectivity index (χ0v) is 17.0. The largest absolute Gasteiger partial charge is 0.574 e. The number of fused-ring (bicyclic) bond motifs is 1. The van der Waals surface area contributed by atoms with Crippen molar-refractivity contribution in [2.45, 2.75) is 12.5 Å². The number of ether oxygens (including phenoxy) is 1. The van der Waals surface area contributed by atoms with Gasteiger partial charge in [-0.15, -0.1) is 13.2 Å². The number of aromatic nitrogens is 3. The van der Waals surface area contributed by atoms with Crippen LogP contribution in [0.4, 0.5) is 32.0 Å². The molecule has 1 aliphatic heterocycles. The van der Waals surface area contributed by atoms with Gasteiger partial charge in [0.15, 0.2) is 5.94 Å². The molecule has 0 atom stereocenters. The van der Waals surface area contributed by atoms with Crippen molar-refractivity contribution in [2.24, 2.45) is 0 Å². The van der Waals surface area contributed by atoms with Crippen molar-refractivity contribution in [3.63, 3.8) is 0 Å². The maximum absolute atomic E-state index is 13.2. The summed E-state index contributed by atoms with van der Waals surface area (Å²) in [6, 6.07) is 5.86. The molecule has 8 nitrogen and oxygen atoms in total. The van der Waals surface area contributed by atoms with Crippen molar-refractivity contribution in [1.82, 2.24) is 20.1 Å². The van der Waals surface area contributed by atoms with E-state index in [9.17, 15) is 35.9 Å². The molecule has 3 heterocycles. The van der Waals surface area contributed by atoms with Crippen molar-refractivity contribution < 1.29 is 40.7 Å². The molecule has 180 valence electrons. The van der Waals surface area contributed by atoms with Crippen LogP contribution >= 0.6 is 0 Å². The molecule has 0 saturated carbocycles. The molecule has 1 aliphatic rings. The second kappa shape index (κ2) is 8.65. The molecule has 0 fully saturated rings. The first kappa shape index (κ1) is 23.6. The molecule has 1 amide bonds. The van der Waals surface area contributed by atoms with E-state index in [4.69, 9.17) is 0 Å². The smallest absolute Gasteiger partial charge is 0.387 e. The number of carbonyl (C=O) groups is 1. The first-order valence-corrected chi connectivity index (χ1v) is 9.48. The molecule has 0 bridgehead atoms. The molecule has 0 aliphatic carbocycles. The minimum Gasteiger partial charge on any atom is -0.387 e. The number of nitrogens with zero attached hydrogens (tertiary/aromatic N) is 3. The lowest BCUT2D eigenvalue weighted by Gasteiger charge is -2.18. The van der Waals surface area contributed by atoms with E-state index in [1.807, 2.05) is 0 Å². The molecule has 0 spiro atoms. The van der Waals surface area contributed by atoms with Crippen LogP contribution in [0.5, 0.6) is 5.88 Å². The van der Waals surface area contributed by atoms with Crippen molar-refractivity contribution >= 4 is 29.3 Å². The van der Waals surface area contributed by atoms with E-state index in [0.717, 1.165) is 18.5 Å². The predicted molar refractivity (Wildman–Crippen MR) is 109 cm³/mol. The molecule has 0 radical (unpaired) electrons. The van der Waals surface area contributed by atoms with Crippen molar-refractivity contribution in [2.75, 3.05) is 5.32 Å². The van der Waals surface area contributed by atoms with Gasteiger partial charge in [0.25, 0.3) is 5.91 Å². The van der Waals surface area contributed by atoms with Crippen LogP contribution in [0.15, 0.2) is 48.9 Å². The Labute approximate surface area is 191 Å². The van der Waals surface area contributed by atoms with Gasteiger partial charge in [-0.1, -0.05) is 12.1 Å². The van der Waals surface area contributed by atoms with Crippen LogP contribution < -0.4 is 15.4 Å². The number of halogens is 6. The lowest BCUT2D eigenvalue weighted by Crippen LogP contribution is -2.22. The van der Waals surface area contributed by atoms with Crippen molar-refractivity contribution in [3.8, 4) is 11.6 Å². The molecule has 0 unspecified atom stereocenters. The fourth-order valence-electron chi connectivity index (χ4n) is 3.24. The number of hydrogen-bond donors (Lipinski definition) is 2. The van der Waals surface area contributed by atoms with Crippen LogP contribution in [-0.2, 0) is 11.0 Å². The number of pyridine rings is 1. The number of carbonyl (C=O) groups excluding carboxylic acids is 2. The minimum absolute atomic E-state index is 0.0194. The average Bonchev–Trinajstić information content (AvgIpc) is 3.19. The zero-order chi connectivity index (χ0) is 25.4. The lowest BCUT2D eigenvalue weighted by molar-refractivity contribution is -0.276. The number of alkyl halides is 6. The summed E-state index contributed by atoms with van der Waals surface area (Å²) in [5, 5.41) is 8.55. The van der Waals surface area contributed by atoms with Crippen molar-refractivity contribution in [3.05, 3.63) is 71.3 Å². The Bertz CT molecular complexity index is 1390. The number of hydrogen-bond acceptors (Lipinski definition) is 6. The number of benzene rings is 1. The van der Waals surface area contributed by atoms with Gasteiger partial charge in [-0.25, -0.2) is 4.79 Å². The minimum atomic E-state index is -5.24. The Morgan fingerprint density at radius 2 is 1.91 bits per heavy atom. The maximum Gasteiger partial charge on any atom is 0.574 e. The summed E-state index contributed by atoms with van der Waals surface area (Å²) in [6.07, 6.45) is -5.69. The standard InChI is InChI=1S/C21H11F6N5O3/c22-20(23,24)17-8-11(4-6-29-17)31-18(34)14-9-30-32(19(14)35-21(25,26)27)16-3-1-2-12-13(16)5-7-28-15(12)10-33/h1-9,28H,(H,29,31,34). The normalized spacial score (nSPS) is 13.0. The summed E-state index contributed by atoms with van der Waals surface area (Å²) in [7, 11) is 0. The van der Waals surface area contributed by atoms with Gasteiger partial charge in [0.1, 0.15) is 17.0 Å². The van der Waals surface area contributed by atoms with E-state index < -0.39 is 35.6 Å². The third-order valence-electron chi connectivity index (χ3n) is 4.65. The van der Waals surface area contributed by atoms with Crippen molar-refractivity contribution in [1.29, 1.82) is 0 Å². The summed E-state index contributed by atoms with van der Waals surface area (Å²) in [5.74, 6) is -0.590. The maximum atomic E-state index is 13.2. The van der Waals surface area contributed by atoms with Gasteiger partial charge in [-0.2, -0.15) is 23.0 Å². The van der Waals surface area contributed by atoms with Crippen LogP contribution in [0.1, 0.15) is 27.2 Å². The molecule has 14 heteroatoms. The van der Waals surface area contributed by atoms with Gasteiger partial charge in [-0.3, -0.25) is 9.78 Å². The van der Waals surface area contributed by atoms with Gasteiger partial charge in [0.05, 0.1) is 11.9 Å². The van der Waals surface area contributed by atoms with E-state index in [1.165, 1.54) is 30.5 Å². The Hall–Kier alpha value is -4.58. The first-order chi connectivity index (χ1) is 16.5. The molecule has 4 rings (SSSR count). The third kappa shape index (κ3) is 4.87. The molecule has 0 saturated heterocycles. The van der Waals surface area contributed by atoms with E-state index in [2.05, 4.69) is 25.5 Å². The summed E-state index contributed by atoms with van der Waals surface area (Å²) in [6.45, 7) is 0. The monoisotopic (exact) mass is 495 g/mol. The van der Waals surface area contributed by atoms with Gasteiger partial charge in [0, 0.05) is 29.2 Å².